The van der Waals surface area contributed by atoms with E-state index in [-0.39, 0.29) is 30.2 Å². The molecule has 4 heteroatoms. The fourth-order valence-corrected chi connectivity index (χ4v) is 14.6. The fraction of sp³-hybridized carbons (Fsp3) is 0.159. The van der Waals surface area contributed by atoms with Crippen molar-refractivity contribution in [3.8, 4) is 44.5 Å². The van der Waals surface area contributed by atoms with E-state index < -0.39 is 0 Å². The van der Waals surface area contributed by atoms with Crippen LogP contribution in [0.2, 0.25) is 13.1 Å². The smallest absolute Gasteiger partial charge is 1.00 e. The van der Waals surface area contributed by atoms with E-state index in [1.807, 2.05) is 0 Å². The Hall–Kier alpha value is -7.94. The van der Waals surface area contributed by atoms with Crippen molar-refractivity contribution in [3.63, 3.8) is 0 Å². The molecule has 0 aromatic heterocycles. The van der Waals surface area contributed by atoms with Crippen LogP contribution in [-0.4, -0.2) is 5.43 Å². The third kappa shape index (κ3) is 12.7. The average Bonchev–Trinajstić information content (AvgIpc) is 1.33. The molecule has 0 aliphatic carbocycles. The number of aryl methyl sites for hydroxylation is 2. The van der Waals surface area contributed by atoms with Gasteiger partial charge in [-0.3, -0.25) is 0 Å². The Morgan fingerprint density at radius 2 is 0.489 bits per heavy atom. The molecule has 0 saturated carbocycles. The molecule has 0 aliphatic heterocycles. The molecule has 16 rings (SSSR count). The predicted molar refractivity (Wildman–Crippen MR) is 394 cm³/mol. The monoisotopic (exact) mass is 1320 g/mol. The number of unbranched alkanes of at least 4 members (excludes halogenated alkanes) is 6. The molecule has 0 nitrogen and oxygen atoms in total. The molecule has 0 atom stereocenters. The SMILES string of the molecule is CCCCCCc1cc2c(-c3c4ccccc4cc4ccccc34)ccc(-c3c4ccccc4cc4ccccc34)c2[cH-]1.CCCCCCc1cc2c(-c3c4ccccc4cc4ccccc34)ccc(-c3c4ccccc4cc4ccccc34)c2[cH-]1.C[Si](C)=[Zr+2].[Cl-].[Cl-]. The van der Waals surface area contributed by atoms with E-state index in [0.29, 0.717) is 0 Å². The maximum Gasteiger partial charge on any atom is -1.00 e. The number of fused-ring (bicyclic) bond motifs is 10. The number of halogens is 2. The summed E-state index contributed by atoms with van der Waals surface area (Å²) in [4.78, 5) is 0. The van der Waals surface area contributed by atoms with E-state index in [9.17, 15) is 0 Å². The first-order valence-corrected chi connectivity index (χ1v) is 39.1. The van der Waals surface area contributed by atoms with Crippen molar-refractivity contribution in [3.05, 3.63) is 278 Å². The molecule has 0 bridgehead atoms. The second kappa shape index (κ2) is 28.9. The maximum atomic E-state index is 2.50. The summed E-state index contributed by atoms with van der Waals surface area (Å²) < 4.78 is 0. The molecule has 0 fully saturated rings. The predicted octanol–water partition coefficient (Wildman–Crippen LogP) is 20.0. The average molecular weight is 1320 g/mol. The van der Waals surface area contributed by atoms with Crippen molar-refractivity contribution in [1.82, 2.24) is 0 Å². The number of hydrogen-bond acceptors (Lipinski definition) is 0. The molecule has 0 unspecified atom stereocenters. The van der Waals surface area contributed by atoms with Gasteiger partial charge in [-0.05, 0) is 146 Å². The summed E-state index contributed by atoms with van der Waals surface area (Å²) in [7, 11) is 0. The van der Waals surface area contributed by atoms with Crippen molar-refractivity contribution in [1.29, 1.82) is 0 Å². The van der Waals surface area contributed by atoms with E-state index in [2.05, 4.69) is 294 Å². The second-order valence-corrected chi connectivity index (χ2v) is 34.5. The van der Waals surface area contributed by atoms with Crippen molar-refractivity contribution < 1.29 is 48.1 Å². The van der Waals surface area contributed by atoms with Crippen molar-refractivity contribution in [2.24, 2.45) is 0 Å². The van der Waals surface area contributed by atoms with Gasteiger partial charge in [0.25, 0.3) is 0 Å². The molecular formula is C88H76Cl2SiZr-2. The summed E-state index contributed by atoms with van der Waals surface area (Å²) >= 11 is 1.74. The zero-order chi connectivity index (χ0) is 61.1. The molecule has 0 heterocycles. The molecule has 0 radical (unpaired) electrons. The summed E-state index contributed by atoms with van der Waals surface area (Å²) in [5, 5.41) is 26.3. The topological polar surface area (TPSA) is 0 Å². The fourth-order valence-electron chi connectivity index (χ4n) is 14.6. The Labute approximate surface area is 570 Å². The Morgan fingerprint density at radius 1 is 0.272 bits per heavy atom. The molecule has 92 heavy (non-hydrogen) atoms. The molecule has 0 saturated heterocycles. The molecule has 0 N–H and O–H groups in total. The van der Waals surface area contributed by atoms with Crippen LogP contribution in [0.1, 0.15) is 76.3 Å². The van der Waals surface area contributed by atoms with Crippen LogP contribution >= 0.6 is 0 Å². The van der Waals surface area contributed by atoms with Gasteiger partial charge in [0.05, 0.1) is 0 Å². The largest absolute Gasteiger partial charge is 1.00 e. The Kier molecular flexibility index (Phi) is 20.2. The minimum atomic E-state index is 0. The molecule has 16 aromatic carbocycles. The van der Waals surface area contributed by atoms with Gasteiger partial charge >= 0.3 is 41.9 Å². The summed E-state index contributed by atoms with van der Waals surface area (Å²) in [6.07, 6.45) is 12.5. The first-order valence-electron chi connectivity index (χ1n) is 32.9. The van der Waals surface area contributed by atoms with E-state index in [4.69, 9.17) is 0 Å². The van der Waals surface area contributed by atoms with Crippen molar-refractivity contribution in [2.75, 3.05) is 0 Å². The van der Waals surface area contributed by atoms with Gasteiger partial charge < -0.3 is 24.8 Å². The summed E-state index contributed by atoms with van der Waals surface area (Å²) in [5.74, 6) is 0. The number of rotatable bonds is 14. The van der Waals surface area contributed by atoms with Gasteiger partial charge in [0.15, 0.2) is 0 Å². The van der Waals surface area contributed by atoms with Crippen LogP contribution in [-0.2, 0) is 36.2 Å². The van der Waals surface area contributed by atoms with Gasteiger partial charge in [0.2, 0.25) is 0 Å². The molecular weight excluding hydrogens is 1250 g/mol. The van der Waals surface area contributed by atoms with Crippen LogP contribution in [0.25, 0.3) is 152 Å². The van der Waals surface area contributed by atoms with Crippen LogP contribution in [0.3, 0.4) is 0 Å². The van der Waals surface area contributed by atoms with Gasteiger partial charge in [-0.25, -0.2) is 0 Å². The van der Waals surface area contributed by atoms with E-state index in [1.54, 1.807) is 23.3 Å². The molecule has 0 aliphatic rings. The quantitative estimate of drug-likeness (QED) is 0.0441. The molecule has 452 valence electrons. The first kappa shape index (κ1) is 64.2. The van der Waals surface area contributed by atoms with Crippen LogP contribution in [0.4, 0.5) is 0 Å². The Bertz CT molecular complexity index is 4490. The van der Waals surface area contributed by atoms with Gasteiger partial charge in [-0.1, -0.05) is 306 Å². The summed E-state index contributed by atoms with van der Waals surface area (Å²) in [6.45, 7) is 9.20. The zero-order valence-electron chi connectivity index (χ0n) is 53.2. The van der Waals surface area contributed by atoms with Gasteiger partial charge in [-0.2, -0.15) is 12.1 Å². The van der Waals surface area contributed by atoms with Gasteiger partial charge in [0.1, 0.15) is 0 Å². The minimum Gasteiger partial charge on any atom is -1.00 e. The van der Waals surface area contributed by atoms with E-state index in [1.165, 1.54) is 215 Å². The first-order chi connectivity index (χ1) is 44.3. The Morgan fingerprint density at radius 3 is 0.728 bits per heavy atom. The van der Waals surface area contributed by atoms with Crippen LogP contribution in [0, 0.1) is 0 Å². The number of hydrogen-bond donors (Lipinski definition) is 0. The van der Waals surface area contributed by atoms with Gasteiger partial charge in [-0.15, -0.1) is 44.8 Å². The maximum absolute atomic E-state index is 2.50. The molecule has 0 amide bonds. The second-order valence-electron chi connectivity index (χ2n) is 25.1. The summed E-state index contributed by atoms with van der Waals surface area (Å²) in [5.41, 5.74) is 13.8. The van der Waals surface area contributed by atoms with Crippen molar-refractivity contribution >= 4 is 113 Å². The van der Waals surface area contributed by atoms with Crippen molar-refractivity contribution in [2.45, 2.75) is 91.1 Å². The van der Waals surface area contributed by atoms with Gasteiger partial charge in [0, 0.05) is 0 Å². The Balaban J connectivity index is 0.000000164. The third-order valence-electron chi connectivity index (χ3n) is 18.7. The normalized spacial score (nSPS) is 11.4. The summed E-state index contributed by atoms with van der Waals surface area (Å²) in [6, 6.07) is 100. The van der Waals surface area contributed by atoms with E-state index in [0.717, 1.165) is 12.8 Å². The van der Waals surface area contributed by atoms with Crippen LogP contribution < -0.4 is 24.8 Å². The molecule has 16 aromatic rings. The third-order valence-corrected chi connectivity index (χ3v) is 18.7. The minimum absolute atomic E-state index is 0. The standard InChI is InChI=1S/2C43H35.C2H6Si.2ClH.Zr/c2*1-2-3-4-5-14-29-25-40-38(42-34-19-10-6-15-30(34)27-31-16-7-11-20-35(31)42)23-24-39(41(40)26-29)43-36-21-12-8-17-32(36)28-33-18-9-13-22-37(33)43;1-3-2;;;/h2*6-13,15-28H,2-5,14H2,1H3;1-2H3;2*1H;/q2*-1;;;;+2/p-2. The van der Waals surface area contributed by atoms with E-state index >= 15 is 0 Å². The van der Waals surface area contributed by atoms with Crippen LogP contribution in [0.5, 0.6) is 0 Å². The molecule has 0 spiro atoms. The van der Waals surface area contributed by atoms with Crippen LogP contribution in [0.15, 0.2) is 267 Å². The number of benzene rings is 14. The zero-order valence-corrected chi connectivity index (χ0v) is 58.2.